The fourth-order valence-electron chi connectivity index (χ4n) is 3.72. The number of hydrogen-bond donors (Lipinski definition) is 1. The number of aromatic nitrogens is 1. The summed E-state index contributed by atoms with van der Waals surface area (Å²) in [6, 6.07) is 7.72. The van der Waals surface area contributed by atoms with Crippen LogP contribution < -0.4 is 5.32 Å². The van der Waals surface area contributed by atoms with Crippen LogP contribution in [0.3, 0.4) is 0 Å². The molecular weight excluding hydrogens is 406 g/mol. The Morgan fingerprint density at radius 1 is 1.17 bits per heavy atom. The van der Waals surface area contributed by atoms with Gasteiger partial charge in [-0.1, -0.05) is 11.6 Å². The van der Waals surface area contributed by atoms with Crippen LogP contribution >= 0.6 is 11.6 Å². The summed E-state index contributed by atoms with van der Waals surface area (Å²) in [7, 11) is 0. The normalized spacial score (nSPS) is 21.2. The van der Waals surface area contributed by atoms with Gasteiger partial charge in [0, 0.05) is 61.3 Å². The molecule has 30 heavy (non-hydrogen) atoms. The van der Waals surface area contributed by atoms with Gasteiger partial charge in [0.05, 0.1) is 25.3 Å². The molecule has 7 nitrogen and oxygen atoms in total. The number of fused-ring (bicyclic) bond motifs is 1. The first-order valence-corrected chi connectivity index (χ1v) is 10.9. The number of pyridine rings is 1. The second kappa shape index (κ2) is 9.34. The van der Waals surface area contributed by atoms with Crippen LogP contribution in [-0.2, 0) is 19.2 Å². The van der Waals surface area contributed by atoms with E-state index in [4.69, 9.17) is 30.8 Å². The van der Waals surface area contributed by atoms with Gasteiger partial charge >= 0.3 is 0 Å². The molecule has 4 rings (SSSR count). The minimum atomic E-state index is -0.575. The summed E-state index contributed by atoms with van der Waals surface area (Å²) in [6.07, 6.45) is 3.41. The van der Waals surface area contributed by atoms with Crippen molar-refractivity contribution in [3.63, 3.8) is 0 Å². The molecule has 0 amide bonds. The Morgan fingerprint density at radius 2 is 2.00 bits per heavy atom. The van der Waals surface area contributed by atoms with Gasteiger partial charge in [0.25, 0.3) is 0 Å². The molecule has 164 valence electrons. The van der Waals surface area contributed by atoms with Gasteiger partial charge in [0.15, 0.2) is 0 Å². The molecule has 0 radical (unpaired) electrons. The number of piperidine rings is 1. The Bertz CT molecular complexity index is 843. The van der Waals surface area contributed by atoms with E-state index in [1.165, 1.54) is 0 Å². The standard InChI is InChI=1S/C22H30ClN3O4/c1-21(2)16-28-22(30-29-21)6-10-26(11-7-22)12-14-27-13-9-25-19-5-8-24-20-15-17(23)3-4-18(19)20/h3-5,8,15H,6-7,9-14,16H2,1-2H3,(H,24,25). The van der Waals surface area contributed by atoms with E-state index in [-0.39, 0.29) is 5.60 Å². The van der Waals surface area contributed by atoms with E-state index in [9.17, 15) is 0 Å². The van der Waals surface area contributed by atoms with Gasteiger partial charge < -0.3 is 19.7 Å². The Kier molecular flexibility index (Phi) is 6.77. The molecule has 2 saturated heterocycles. The monoisotopic (exact) mass is 435 g/mol. The molecular formula is C22H30ClN3O4. The molecule has 2 aliphatic heterocycles. The molecule has 3 heterocycles. The van der Waals surface area contributed by atoms with Crippen molar-refractivity contribution >= 4 is 28.2 Å². The number of nitrogens with one attached hydrogen (secondary N) is 1. The van der Waals surface area contributed by atoms with Crippen molar-refractivity contribution in [1.82, 2.24) is 9.88 Å². The van der Waals surface area contributed by atoms with Crippen LogP contribution in [0.1, 0.15) is 26.7 Å². The number of benzene rings is 1. The zero-order valence-corrected chi connectivity index (χ0v) is 18.4. The van der Waals surface area contributed by atoms with E-state index in [0.717, 1.165) is 55.6 Å². The highest BCUT2D eigenvalue weighted by atomic mass is 35.5. The van der Waals surface area contributed by atoms with Crippen molar-refractivity contribution in [2.45, 2.75) is 38.1 Å². The van der Waals surface area contributed by atoms with Gasteiger partial charge in [-0.2, -0.15) is 0 Å². The smallest absolute Gasteiger partial charge is 0.204 e. The third kappa shape index (κ3) is 5.41. The topological polar surface area (TPSA) is 65.1 Å². The van der Waals surface area contributed by atoms with Gasteiger partial charge in [-0.25, -0.2) is 9.78 Å². The van der Waals surface area contributed by atoms with Crippen molar-refractivity contribution < 1.29 is 19.2 Å². The van der Waals surface area contributed by atoms with E-state index in [0.29, 0.717) is 24.8 Å². The van der Waals surface area contributed by atoms with Crippen LogP contribution in [0, 0.1) is 0 Å². The lowest BCUT2D eigenvalue weighted by atomic mass is 10.0. The summed E-state index contributed by atoms with van der Waals surface area (Å²) in [5.41, 5.74) is 1.55. The summed E-state index contributed by atoms with van der Waals surface area (Å²) in [4.78, 5) is 17.9. The lowest BCUT2D eigenvalue weighted by molar-refractivity contribution is -0.511. The lowest BCUT2D eigenvalue weighted by Gasteiger charge is -2.45. The maximum absolute atomic E-state index is 6.05. The van der Waals surface area contributed by atoms with Crippen LogP contribution in [0.4, 0.5) is 5.69 Å². The molecule has 0 unspecified atom stereocenters. The fraction of sp³-hybridized carbons (Fsp3) is 0.591. The third-order valence-electron chi connectivity index (χ3n) is 5.54. The van der Waals surface area contributed by atoms with Gasteiger partial charge in [0.2, 0.25) is 5.79 Å². The number of anilines is 1. The van der Waals surface area contributed by atoms with Crippen LogP contribution in [0.15, 0.2) is 30.5 Å². The van der Waals surface area contributed by atoms with Crippen molar-refractivity contribution in [1.29, 1.82) is 0 Å². The first kappa shape index (κ1) is 21.7. The van der Waals surface area contributed by atoms with Crippen LogP contribution in [0.2, 0.25) is 5.02 Å². The minimum Gasteiger partial charge on any atom is -0.382 e. The van der Waals surface area contributed by atoms with E-state index < -0.39 is 5.79 Å². The highest BCUT2D eigenvalue weighted by Crippen LogP contribution is 2.34. The van der Waals surface area contributed by atoms with Crippen LogP contribution in [-0.4, -0.2) is 67.3 Å². The average molecular weight is 436 g/mol. The summed E-state index contributed by atoms with van der Waals surface area (Å²) in [6.45, 7) is 9.30. The Labute approximate surface area is 182 Å². The van der Waals surface area contributed by atoms with Gasteiger partial charge in [-0.3, -0.25) is 4.98 Å². The molecule has 2 fully saturated rings. The molecule has 1 N–H and O–H groups in total. The summed E-state index contributed by atoms with van der Waals surface area (Å²) < 4.78 is 11.8. The predicted octanol–water partition coefficient (Wildman–Crippen LogP) is 3.87. The SMILES string of the molecule is CC1(C)COC2(CCN(CCOCCNc3ccnc4cc(Cl)ccc34)CC2)OO1. The van der Waals surface area contributed by atoms with E-state index in [2.05, 4.69) is 15.2 Å². The Hall–Kier alpha value is -1.48. The quantitative estimate of drug-likeness (QED) is 0.523. The minimum absolute atomic E-state index is 0.375. The number of nitrogens with zero attached hydrogens (tertiary/aromatic N) is 2. The molecule has 1 spiro atoms. The number of rotatable bonds is 7. The number of likely N-dealkylation sites (tertiary alicyclic amines) is 1. The van der Waals surface area contributed by atoms with Gasteiger partial charge in [0.1, 0.15) is 5.60 Å². The van der Waals surface area contributed by atoms with Crippen molar-refractivity contribution in [2.24, 2.45) is 0 Å². The molecule has 1 aromatic carbocycles. The first-order chi connectivity index (χ1) is 14.4. The Balaban J connectivity index is 1.13. The van der Waals surface area contributed by atoms with E-state index in [1.807, 2.05) is 38.1 Å². The molecule has 0 saturated carbocycles. The Morgan fingerprint density at radius 3 is 2.77 bits per heavy atom. The maximum Gasteiger partial charge on any atom is 0.204 e. The summed E-state index contributed by atoms with van der Waals surface area (Å²) >= 11 is 6.05. The number of halogens is 1. The average Bonchev–Trinajstić information content (AvgIpc) is 2.74. The predicted molar refractivity (Wildman–Crippen MR) is 117 cm³/mol. The zero-order valence-electron chi connectivity index (χ0n) is 17.7. The number of hydrogen-bond acceptors (Lipinski definition) is 7. The van der Waals surface area contributed by atoms with Crippen molar-refractivity contribution in [3.05, 3.63) is 35.5 Å². The highest BCUT2D eigenvalue weighted by molar-refractivity contribution is 6.31. The van der Waals surface area contributed by atoms with E-state index in [1.54, 1.807) is 6.20 Å². The van der Waals surface area contributed by atoms with Crippen LogP contribution in [0.5, 0.6) is 0 Å². The number of ether oxygens (including phenoxy) is 2. The molecule has 1 aromatic heterocycles. The summed E-state index contributed by atoms with van der Waals surface area (Å²) in [5, 5.41) is 5.17. The molecule has 2 aliphatic rings. The molecule has 0 bridgehead atoms. The van der Waals surface area contributed by atoms with Crippen molar-refractivity contribution in [3.8, 4) is 0 Å². The molecule has 8 heteroatoms. The van der Waals surface area contributed by atoms with E-state index >= 15 is 0 Å². The molecule has 0 aliphatic carbocycles. The van der Waals surface area contributed by atoms with Gasteiger partial charge in [-0.15, -0.1) is 0 Å². The summed E-state index contributed by atoms with van der Waals surface area (Å²) in [5.74, 6) is -0.575. The zero-order chi connectivity index (χ0) is 21.0. The third-order valence-corrected chi connectivity index (χ3v) is 5.77. The second-order valence-corrected chi connectivity index (χ2v) is 8.96. The first-order valence-electron chi connectivity index (χ1n) is 10.5. The second-order valence-electron chi connectivity index (χ2n) is 8.53. The molecule has 2 aromatic rings. The maximum atomic E-state index is 6.05. The lowest BCUT2D eigenvalue weighted by Crippen LogP contribution is -2.54. The fourth-order valence-corrected chi connectivity index (χ4v) is 3.88. The largest absolute Gasteiger partial charge is 0.382 e. The van der Waals surface area contributed by atoms with Gasteiger partial charge in [-0.05, 0) is 38.1 Å². The van der Waals surface area contributed by atoms with Crippen LogP contribution in [0.25, 0.3) is 10.9 Å². The molecule has 0 atom stereocenters. The van der Waals surface area contributed by atoms with Crippen molar-refractivity contribution in [2.75, 3.05) is 51.3 Å². The highest BCUT2D eigenvalue weighted by Gasteiger charge is 2.44.